The van der Waals surface area contributed by atoms with Crippen LogP contribution in [0.15, 0.2) is 79.0 Å². The van der Waals surface area contributed by atoms with E-state index in [1.54, 1.807) is 7.11 Å². The molecule has 1 fully saturated rings. The van der Waals surface area contributed by atoms with E-state index < -0.39 is 11.7 Å². The molecule has 0 spiro atoms. The number of hydrogen-bond donors (Lipinski definition) is 1. The van der Waals surface area contributed by atoms with Crippen LogP contribution in [0.3, 0.4) is 0 Å². The number of ether oxygens (including phenoxy) is 2. The minimum atomic E-state index is -0.510. The zero-order chi connectivity index (χ0) is 31.5. The third-order valence-electron chi connectivity index (χ3n) is 8.43. The minimum Gasteiger partial charge on any atom is -0.497 e. The smallest absolute Gasteiger partial charge is 0.255 e. The molecule has 1 N–H and O–H groups in total. The molecule has 0 bridgehead atoms. The number of methoxy groups -OCH3 is 2. The Labute approximate surface area is 261 Å². The highest BCUT2D eigenvalue weighted by Gasteiger charge is 2.26. The Bertz CT molecular complexity index is 1890. The van der Waals surface area contributed by atoms with Gasteiger partial charge in [-0.1, -0.05) is 36.4 Å². The average molecular weight is 604 g/mol. The maximum Gasteiger partial charge on any atom is 0.255 e. The van der Waals surface area contributed by atoms with E-state index in [9.17, 15) is 14.4 Å². The molecule has 0 radical (unpaired) electrons. The molecule has 1 aliphatic heterocycles. The maximum absolute atomic E-state index is 13.8. The molecule has 1 amide bonds. The van der Waals surface area contributed by atoms with Crippen molar-refractivity contribution < 1.29 is 18.7 Å². The number of nitriles is 1. The maximum atomic E-state index is 13.8. The van der Waals surface area contributed by atoms with Gasteiger partial charge in [-0.3, -0.25) is 9.48 Å². The number of halogens is 1. The van der Waals surface area contributed by atoms with Crippen molar-refractivity contribution in [1.82, 2.24) is 15.1 Å². The summed E-state index contributed by atoms with van der Waals surface area (Å²) >= 11 is 0. The molecule has 8 nitrogen and oxygen atoms in total. The number of anilines is 1. The fraction of sp³-hybridized carbons (Fsp3) is 0.250. The van der Waals surface area contributed by atoms with Gasteiger partial charge in [0.15, 0.2) is 0 Å². The van der Waals surface area contributed by atoms with Crippen LogP contribution in [0.1, 0.15) is 46.8 Å². The number of rotatable bonds is 9. The fourth-order valence-corrected chi connectivity index (χ4v) is 6.01. The molecule has 228 valence electrons. The van der Waals surface area contributed by atoms with Gasteiger partial charge in [-0.2, -0.15) is 10.4 Å². The summed E-state index contributed by atoms with van der Waals surface area (Å²) in [7, 11) is 3.09. The molecule has 0 aliphatic carbocycles. The van der Waals surface area contributed by atoms with Gasteiger partial charge in [-0.15, -0.1) is 0 Å². The third-order valence-corrected chi connectivity index (χ3v) is 8.43. The van der Waals surface area contributed by atoms with Gasteiger partial charge in [-0.25, -0.2) is 4.39 Å². The topological polar surface area (TPSA) is 92.4 Å². The van der Waals surface area contributed by atoms with E-state index in [1.165, 1.54) is 19.2 Å². The van der Waals surface area contributed by atoms with Gasteiger partial charge in [0.2, 0.25) is 0 Å². The number of benzene rings is 4. The van der Waals surface area contributed by atoms with Crippen LogP contribution in [0, 0.1) is 17.1 Å². The lowest BCUT2D eigenvalue weighted by Gasteiger charge is -2.25. The summed E-state index contributed by atoms with van der Waals surface area (Å²) < 4.78 is 26.2. The number of aromatic nitrogens is 2. The largest absolute Gasteiger partial charge is 0.497 e. The molecule has 1 aromatic heterocycles. The van der Waals surface area contributed by atoms with Crippen LogP contribution in [0.5, 0.6) is 11.5 Å². The van der Waals surface area contributed by atoms with Crippen LogP contribution in [0.25, 0.3) is 22.0 Å². The molecule has 0 saturated carbocycles. The highest BCUT2D eigenvalue weighted by Crippen LogP contribution is 2.39. The lowest BCUT2D eigenvalue weighted by molar-refractivity contribution is 0.0947. The van der Waals surface area contributed by atoms with Crippen molar-refractivity contribution in [2.45, 2.75) is 38.9 Å². The third kappa shape index (κ3) is 6.04. The van der Waals surface area contributed by atoms with Crippen molar-refractivity contribution in [3.8, 4) is 28.7 Å². The Balaban J connectivity index is 1.31. The molecule has 2 heterocycles. The molecular weight excluding hydrogens is 569 g/mol. The predicted octanol–water partition coefficient (Wildman–Crippen LogP) is 6.70. The van der Waals surface area contributed by atoms with Gasteiger partial charge >= 0.3 is 0 Å². The predicted molar refractivity (Wildman–Crippen MR) is 172 cm³/mol. The van der Waals surface area contributed by atoms with Gasteiger partial charge in [-0.05, 0) is 72.9 Å². The van der Waals surface area contributed by atoms with Crippen molar-refractivity contribution in [3.63, 3.8) is 0 Å². The van der Waals surface area contributed by atoms with E-state index in [1.807, 2.05) is 59.4 Å². The van der Waals surface area contributed by atoms with Crippen molar-refractivity contribution in [1.29, 1.82) is 5.26 Å². The second kappa shape index (κ2) is 12.7. The van der Waals surface area contributed by atoms with Crippen molar-refractivity contribution in [2.75, 3.05) is 25.7 Å². The molecule has 1 aliphatic rings. The summed E-state index contributed by atoms with van der Waals surface area (Å²) in [4.78, 5) is 15.2. The summed E-state index contributed by atoms with van der Waals surface area (Å²) in [5, 5.41) is 19.1. The summed E-state index contributed by atoms with van der Waals surface area (Å²) in [5.74, 6) is 0.163. The monoisotopic (exact) mass is 603 g/mol. The quantitative estimate of drug-likeness (QED) is 0.202. The zero-order valence-electron chi connectivity index (χ0n) is 25.5. The van der Waals surface area contributed by atoms with Crippen LogP contribution in [-0.2, 0) is 13.1 Å². The number of carbonyl (C=O) groups excluding carboxylic acids is 1. The minimum absolute atomic E-state index is 0.135. The number of nitrogens with zero attached hydrogens (tertiary/aromatic N) is 4. The molecule has 4 aromatic carbocycles. The van der Waals surface area contributed by atoms with Gasteiger partial charge in [0.05, 0.1) is 31.9 Å². The molecule has 5 aromatic rings. The number of hydrogen-bond acceptors (Lipinski definition) is 6. The lowest BCUT2D eigenvalue weighted by atomic mass is 9.95. The van der Waals surface area contributed by atoms with E-state index in [-0.39, 0.29) is 12.1 Å². The van der Waals surface area contributed by atoms with Crippen LogP contribution in [0.2, 0.25) is 0 Å². The number of fused-ring (bicyclic) bond motifs is 1. The first-order valence-electron chi connectivity index (χ1n) is 14.9. The summed E-state index contributed by atoms with van der Waals surface area (Å²) in [6, 6.07) is 24.4. The molecule has 45 heavy (non-hydrogen) atoms. The van der Waals surface area contributed by atoms with Crippen LogP contribution < -0.4 is 19.7 Å². The Hall–Kier alpha value is -5.36. The summed E-state index contributed by atoms with van der Waals surface area (Å²) in [5.41, 5.74) is 6.05. The van der Waals surface area contributed by atoms with E-state index >= 15 is 0 Å². The number of amides is 1. The molecule has 9 heteroatoms. The molecule has 1 atom stereocenters. The van der Waals surface area contributed by atoms with Crippen LogP contribution in [0.4, 0.5) is 10.1 Å². The van der Waals surface area contributed by atoms with Gasteiger partial charge in [0, 0.05) is 42.0 Å². The number of nitrogens with one attached hydrogen (secondary N) is 1. The zero-order valence-corrected chi connectivity index (χ0v) is 25.5. The van der Waals surface area contributed by atoms with Crippen molar-refractivity contribution in [3.05, 3.63) is 107 Å². The molecule has 6 rings (SSSR count). The van der Waals surface area contributed by atoms with E-state index in [4.69, 9.17) is 14.6 Å². The van der Waals surface area contributed by atoms with Crippen molar-refractivity contribution in [2.24, 2.45) is 0 Å². The van der Waals surface area contributed by atoms with Crippen molar-refractivity contribution >= 4 is 22.5 Å². The summed E-state index contributed by atoms with van der Waals surface area (Å²) in [6.45, 7) is 3.99. The fourth-order valence-electron chi connectivity index (χ4n) is 6.01. The highest BCUT2D eigenvalue weighted by molar-refractivity contribution is 6.01. The van der Waals surface area contributed by atoms with E-state index in [0.717, 1.165) is 64.5 Å². The first kappa shape index (κ1) is 29.7. The van der Waals surface area contributed by atoms with Gasteiger partial charge in [0.25, 0.3) is 5.91 Å². The average Bonchev–Trinajstić information content (AvgIpc) is 3.69. The molecule has 1 saturated heterocycles. The van der Waals surface area contributed by atoms with E-state index in [2.05, 4.69) is 29.3 Å². The lowest BCUT2D eigenvalue weighted by Crippen LogP contribution is -2.26. The van der Waals surface area contributed by atoms with E-state index in [0.29, 0.717) is 29.4 Å². The van der Waals surface area contributed by atoms with Gasteiger partial charge in [0.1, 0.15) is 28.9 Å². The Morgan fingerprint density at radius 3 is 2.47 bits per heavy atom. The Morgan fingerprint density at radius 1 is 1.04 bits per heavy atom. The molecule has 1 unspecified atom stereocenters. The summed E-state index contributed by atoms with van der Waals surface area (Å²) in [6.07, 6.45) is 4.27. The molecular formula is C36H34FN5O3. The second-order valence-corrected chi connectivity index (χ2v) is 11.3. The Morgan fingerprint density at radius 2 is 1.80 bits per heavy atom. The first-order valence-corrected chi connectivity index (χ1v) is 14.9. The second-order valence-electron chi connectivity index (χ2n) is 11.3. The van der Waals surface area contributed by atoms with Crippen LogP contribution >= 0.6 is 0 Å². The standard InChI is InChI=1S/C36H34FN5O3/c1-23-5-4-16-42(23)33-18-29(31(19-38)35-32(33)22-41(40-35)21-25-8-13-28(44-2)14-9-25)26-10-6-24(7-11-26)20-39-36(43)30-17-27(37)12-15-34(30)45-3/h6-15,17-18,22-23H,4-5,16,20-21H2,1-3H3,(H,39,43). The Kier molecular flexibility index (Phi) is 8.39. The normalized spacial score (nSPS) is 14.4. The highest BCUT2D eigenvalue weighted by atomic mass is 19.1. The number of carbonyl (C=O) groups is 1. The van der Waals surface area contributed by atoms with Gasteiger partial charge < -0.3 is 19.7 Å². The SMILES string of the molecule is COc1ccc(Cn2cc3c(N4CCCC4C)cc(-c4ccc(CNC(=O)c5cc(F)ccc5OC)cc4)c(C#N)c3n2)cc1. The first-order chi connectivity index (χ1) is 21.9. The van der Waals surface area contributed by atoms with Crippen LogP contribution in [-0.4, -0.2) is 42.5 Å².